The lowest BCUT2D eigenvalue weighted by Crippen LogP contribution is -2.48. The second-order valence-corrected chi connectivity index (χ2v) is 22.9. The number of rotatable bonds is 24. The summed E-state index contributed by atoms with van der Waals surface area (Å²) >= 11 is 16.8. The van der Waals surface area contributed by atoms with Gasteiger partial charge in [-0.25, -0.2) is 0 Å². The number of halogens is 2. The Labute approximate surface area is 463 Å². The summed E-state index contributed by atoms with van der Waals surface area (Å²) in [6, 6.07) is 70.4. The normalized spacial score (nSPS) is 18.5. The summed E-state index contributed by atoms with van der Waals surface area (Å²) in [6.07, 6.45) is 2.49. The quantitative estimate of drug-likeness (QED) is 0.0314. The highest BCUT2D eigenvalue weighted by atomic mass is 35.5. The van der Waals surface area contributed by atoms with Crippen LogP contribution in [0.15, 0.2) is 211 Å². The lowest BCUT2D eigenvalue weighted by atomic mass is 9.79. The zero-order valence-electron chi connectivity index (χ0n) is 42.9. The van der Waals surface area contributed by atoms with Crippen molar-refractivity contribution >= 4 is 52.6 Å². The molecule has 0 spiro atoms. The molecule has 0 aromatic heterocycles. The number of fused-ring (bicyclic) bond motifs is 2. The van der Waals surface area contributed by atoms with E-state index in [-0.39, 0.29) is 30.5 Å². The molecule has 4 atom stereocenters. The number of hydroxylamine groups is 1. The summed E-state index contributed by atoms with van der Waals surface area (Å²) in [5.74, 6) is 1.51. The van der Waals surface area contributed by atoms with Crippen LogP contribution in [0.2, 0.25) is 10.0 Å². The molecular weight excluding hydrogens is 1010 g/mol. The largest absolute Gasteiger partial charge is 0.391 e. The fraction of sp³-hybridized carbons (Fsp3) is 0.297. The van der Waals surface area contributed by atoms with E-state index in [1.54, 1.807) is 7.11 Å². The lowest BCUT2D eigenvalue weighted by Gasteiger charge is -2.43. The van der Waals surface area contributed by atoms with Crippen molar-refractivity contribution in [3.05, 3.63) is 260 Å². The van der Waals surface area contributed by atoms with E-state index in [0.29, 0.717) is 48.3 Å². The molecule has 0 radical (unpaired) electrons. The van der Waals surface area contributed by atoms with Crippen LogP contribution in [0.5, 0.6) is 0 Å². The molecular formula is C64H68Cl2N4O3S2. The van der Waals surface area contributed by atoms with Crippen LogP contribution in [0.25, 0.3) is 0 Å². The Balaban J connectivity index is 0.960. The van der Waals surface area contributed by atoms with Crippen molar-refractivity contribution in [3.63, 3.8) is 0 Å². The van der Waals surface area contributed by atoms with Crippen LogP contribution < -0.4 is 10.8 Å². The van der Waals surface area contributed by atoms with Gasteiger partial charge in [-0.3, -0.25) is 24.9 Å². The molecule has 3 N–H and O–H groups in total. The van der Waals surface area contributed by atoms with Gasteiger partial charge in [0.25, 0.3) is 0 Å². The third-order valence-electron chi connectivity index (χ3n) is 15.0. The van der Waals surface area contributed by atoms with Crippen LogP contribution >= 0.6 is 46.7 Å². The lowest BCUT2D eigenvalue weighted by molar-refractivity contribution is -0.122. The summed E-state index contributed by atoms with van der Waals surface area (Å²) in [4.78, 5) is 24.8. The van der Waals surface area contributed by atoms with Gasteiger partial charge >= 0.3 is 0 Å². The van der Waals surface area contributed by atoms with Crippen LogP contribution in [-0.2, 0) is 19.1 Å². The first kappa shape index (κ1) is 54.5. The van der Waals surface area contributed by atoms with E-state index in [2.05, 4.69) is 216 Å². The first-order valence-corrected chi connectivity index (χ1v) is 29.0. The first-order valence-electron chi connectivity index (χ1n) is 26.3. The summed E-state index contributed by atoms with van der Waals surface area (Å²) in [5, 5.41) is 16.3. The van der Waals surface area contributed by atoms with Crippen molar-refractivity contribution in [2.24, 2.45) is 0 Å². The molecule has 0 aliphatic carbocycles. The predicted molar refractivity (Wildman–Crippen MR) is 314 cm³/mol. The van der Waals surface area contributed by atoms with Crippen LogP contribution in [0.3, 0.4) is 0 Å². The maximum atomic E-state index is 14.4. The van der Waals surface area contributed by atoms with Crippen LogP contribution in [0.1, 0.15) is 77.5 Å². The van der Waals surface area contributed by atoms with E-state index in [4.69, 9.17) is 28.0 Å². The second kappa shape index (κ2) is 26.1. The predicted octanol–water partition coefficient (Wildman–Crippen LogP) is 13.4. The molecule has 7 nitrogen and oxygen atoms in total. The van der Waals surface area contributed by atoms with Gasteiger partial charge in [-0.05, 0) is 88.9 Å². The molecule has 388 valence electrons. The molecule has 2 bridgehead atoms. The Hall–Kier alpha value is -5.33. The van der Waals surface area contributed by atoms with Gasteiger partial charge in [-0.15, -0.1) is 23.5 Å². The zero-order valence-corrected chi connectivity index (χ0v) is 46.0. The number of nitrogens with one attached hydrogen (secondary N) is 2. The molecule has 75 heavy (non-hydrogen) atoms. The van der Waals surface area contributed by atoms with E-state index in [1.807, 2.05) is 35.7 Å². The SMILES string of the molecule is CCC(NOC)=C1C(c2ccc(Cl)c(Cl)c2)CC2CC(O)C1N2CCCN(CCSC(c1ccccc1)(c1ccccc1)c1ccccc1)CC(=O)NCCSC(c1ccccc1)(c1ccccc1)c1ccccc1. The fourth-order valence-corrected chi connectivity index (χ4v) is 15.0. The number of amides is 1. The molecule has 9 rings (SSSR count). The summed E-state index contributed by atoms with van der Waals surface area (Å²) in [6.45, 7) is 5.05. The summed E-state index contributed by atoms with van der Waals surface area (Å²) in [7, 11) is 1.64. The minimum atomic E-state index is -0.541. The summed E-state index contributed by atoms with van der Waals surface area (Å²) in [5.41, 5.74) is 13.6. The van der Waals surface area contributed by atoms with Crippen LogP contribution in [0, 0.1) is 0 Å². The molecule has 2 saturated heterocycles. The zero-order chi connectivity index (χ0) is 52.0. The van der Waals surface area contributed by atoms with E-state index < -0.39 is 15.6 Å². The number of allylic oxidation sites excluding steroid dienone is 1. The Bertz CT molecular complexity index is 2730. The Morgan fingerprint density at radius 2 is 1.12 bits per heavy atom. The first-order chi connectivity index (χ1) is 36.8. The van der Waals surface area contributed by atoms with Gasteiger partial charge in [0.1, 0.15) is 0 Å². The number of benzene rings is 7. The van der Waals surface area contributed by atoms with Crippen molar-refractivity contribution in [1.82, 2.24) is 20.6 Å². The van der Waals surface area contributed by atoms with Crippen molar-refractivity contribution in [1.29, 1.82) is 0 Å². The van der Waals surface area contributed by atoms with Gasteiger partial charge in [0.15, 0.2) is 0 Å². The number of carbonyl (C=O) groups excluding carboxylic acids is 1. The number of thioether (sulfide) groups is 2. The molecule has 4 unspecified atom stereocenters. The van der Waals surface area contributed by atoms with Crippen molar-refractivity contribution < 1.29 is 14.7 Å². The van der Waals surface area contributed by atoms with Gasteiger partial charge < -0.3 is 10.4 Å². The van der Waals surface area contributed by atoms with E-state index >= 15 is 0 Å². The molecule has 2 heterocycles. The average Bonchev–Trinajstić information content (AvgIpc) is 3.68. The Morgan fingerprint density at radius 1 is 0.653 bits per heavy atom. The fourth-order valence-electron chi connectivity index (χ4n) is 11.7. The Kier molecular flexibility index (Phi) is 19.0. The third kappa shape index (κ3) is 12.3. The van der Waals surface area contributed by atoms with E-state index in [1.165, 1.54) is 33.4 Å². The standard InChI is InChI=1S/C64H68Cl2N4O3S2/c1-3-58(68-73-2)61-55(47-35-36-56(65)57(66)43-47)44-54-45-59(71)62(61)70(54)39-22-38-69(40-42-75-64(51-29-16-7-17-30-51,52-31-18-8-19-32-52)53-33-20-9-21-34-53)46-60(72)67-37-41-74-63(48-23-10-4-11-24-48,49-25-12-5-13-26-49)50-27-14-6-15-28-50/h4-21,23-36,43,54-55,59,62,68,71H,3,22,37-42,44-46H2,1-2H3,(H,67,72). The van der Waals surface area contributed by atoms with Crippen molar-refractivity contribution in [3.8, 4) is 0 Å². The smallest absolute Gasteiger partial charge is 0.234 e. The molecule has 0 saturated carbocycles. The molecule has 7 aromatic rings. The number of aliphatic hydroxyl groups excluding tert-OH is 1. The molecule has 7 aromatic carbocycles. The Morgan fingerprint density at radius 3 is 1.56 bits per heavy atom. The van der Waals surface area contributed by atoms with E-state index in [0.717, 1.165) is 42.0 Å². The van der Waals surface area contributed by atoms with Crippen LogP contribution in [-0.4, -0.2) is 90.3 Å². The third-order valence-corrected chi connectivity index (χ3v) is 18.8. The molecule has 2 fully saturated rings. The minimum Gasteiger partial charge on any atom is -0.391 e. The van der Waals surface area contributed by atoms with E-state index in [9.17, 15) is 9.90 Å². The van der Waals surface area contributed by atoms with Crippen LogP contribution in [0.4, 0.5) is 0 Å². The highest BCUT2D eigenvalue weighted by Crippen LogP contribution is 2.51. The maximum absolute atomic E-state index is 14.4. The minimum absolute atomic E-state index is 0.00662. The summed E-state index contributed by atoms with van der Waals surface area (Å²) < 4.78 is -0.960. The van der Waals surface area contributed by atoms with Gasteiger partial charge in [0.2, 0.25) is 5.91 Å². The molecule has 2 aliphatic rings. The maximum Gasteiger partial charge on any atom is 0.234 e. The molecule has 2 aliphatic heterocycles. The van der Waals surface area contributed by atoms with Gasteiger partial charge in [-0.2, -0.15) is 0 Å². The number of piperidine rings is 1. The number of hydrogen-bond donors (Lipinski definition) is 3. The monoisotopic (exact) mass is 1070 g/mol. The number of carbonyl (C=O) groups is 1. The van der Waals surface area contributed by atoms with Gasteiger partial charge in [-0.1, -0.05) is 218 Å². The molecule has 1 amide bonds. The number of aliphatic hydroxyl groups is 1. The highest BCUT2D eigenvalue weighted by Gasteiger charge is 2.50. The number of hydrogen-bond acceptors (Lipinski definition) is 8. The van der Waals surface area contributed by atoms with Gasteiger partial charge in [0, 0.05) is 48.8 Å². The topological polar surface area (TPSA) is 77.1 Å². The van der Waals surface area contributed by atoms with Gasteiger partial charge in [0.05, 0.1) is 45.3 Å². The number of nitrogens with zero attached hydrogens (tertiary/aromatic N) is 2. The average molecular weight is 1080 g/mol. The molecule has 11 heteroatoms. The van der Waals surface area contributed by atoms with Crippen molar-refractivity contribution in [2.45, 2.75) is 66.2 Å². The van der Waals surface area contributed by atoms with Crippen molar-refractivity contribution in [2.75, 3.05) is 51.3 Å². The second-order valence-electron chi connectivity index (χ2n) is 19.4. The highest BCUT2D eigenvalue weighted by molar-refractivity contribution is 8.00.